The molecule has 0 N–H and O–H groups in total. The number of hydrogen-bond acceptors (Lipinski definition) is 3. The molecule has 99 valence electrons. The summed E-state index contributed by atoms with van der Waals surface area (Å²) in [4.78, 5) is 6.39. The zero-order valence-corrected chi connectivity index (χ0v) is 11.5. The van der Waals surface area contributed by atoms with Crippen molar-refractivity contribution in [1.29, 1.82) is 0 Å². The summed E-state index contributed by atoms with van der Waals surface area (Å²) in [5.41, 5.74) is 3.14. The lowest BCUT2D eigenvalue weighted by Crippen LogP contribution is -2.07. The highest BCUT2D eigenvalue weighted by Gasteiger charge is 2.08. The Morgan fingerprint density at radius 3 is 2.30 bits per heavy atom. The number of rotatable bonds is 3. The van der Waals surface area contributed by atoms with Crippen LogP contribution in [0.25, 0.3) is 22.8 Å². The van der Waals surface area contributed by atoms with Crippen LogP contribution in [0.4, 0.5) is 5.69 Å². The first-order chi connectivity index (χ1) is 9.74. The van der Waals surface area contributed by atoms with E-state index in [1.165, 1.54) is 0 Å². The van der Waals surface area contributed by atoms with Crippen LogP contribution in [0.5, 0.6) is 0 Å². The normalized spacial score (nSPS) is 10.5. The third-order valence-corrected chi connectivity index (χ3v) is 3.14. The second-order valence-electron chi connectivity index (χ2n) is 4.76. The molecule has 1 heterocycles. The summed E-state index contributed by atoms with van der Waals surface area (Å²) in [5, 5.41) is 0. The minimum atomic E-state index is 0.630. The van der Waals surface area contributed by atoms with Crippen molar-refractivity contribution in [3.8, 4) is 22.8 Å². The Bertz CT molecular complexity index is 685. The molecule has 0 bridgehead atoms. The molecule has 2 aromatic carbocycles. The highest BCUT2D eigenvalue weighted by molar-refractivity contribution is 5.63. The van der Waals surface area contributed by atoms with Crippen molar-refractivity contribution in [1.82, 2.24) is 4.98 Å². The lowest BCUT2D eigenvalue weighted by molar-refractivity contribution is 0.589. The molecule has 0 saturated heterocycles. The summed E-state index contributed by atoms with van der Waals surface area (Å²) in [6, 6.07) is 18.8. The molecule has 0 spiro atoms. The Morgan fingerprint density at radius 2 is 1.65 bits per heavy atom. The summed E-state index contributed by atoms with van der Waals surface area (Å²) in [6.07, 6.45) is 1.76. The molecule has 0 unspecified atom stereocenters. The third kappa shape index (κ3) is 2.43. The van der Waals surface area contributed by atoms with Crippen LogP contribution in [-0.4, -0.2) is 19.1 Å². The van der Waals surface area contributed by atoms with Gasteiger partial charge in [-0.1, -0.05) is 12.1 Å². The first-order valence-corrected chi connectivity index (χ1v) is 6.44. The van der Waals surface area contributed by atoms with Crippen LogP contribution in [0.15, 0.2) is 59.1 Å². The fourth-order valence-corrected chi connectivity index (χ4v) is 1.99. The van der Waals surface area contributed by atoms with Crippen LogP contribution >= 0.6 is 0 Å². The SMILES string of the molecule is CN(C)c1ccc(-c2cnc(-c3cc[c]cc3)o2)cc1. The summed E-state index contributed by atoms with van der Waals surface area (Å²) in [7, 11) is 4.04. The predicted octanol–water partition coefficient (Wildman–Crippen LogP) is 3.87. The summed E-state index contributed by atoms with van der Waals surface area (Å²) in [6.45, 7) is 0. The van der Waals surface area contributed by atoms with Crippen LogP contribution in [0.1, 0.15) is 0 Å². The highest BCUT2D eigenvalue weighted by atomic mass is 16.4. The minimum Gasteiger partial charge on any atom is -0.436 e. The molecule has 3 aromatic rings. The van der Waals surface area contributed by atoms with Gasteiger partial charge in [0, 0.05) is 30.9 Å². The largest absolute Gasteiger partial charge is 0.436 e. The quantitative estimate of drug-likeness (QED) is 0.718. The van der Waals surface area contributed by atoms with Gasteiger partial charge in [-0.3, -0.25) is 0 Å². The third-order valence-electron chi connectivity index (χ3n) is 3.14. The Morgan fingerprint density at radius 1 is 0.950 bits per heavy atom. The van der Waals surface area contributed by atoms with Crippen molar-refractivity contribution in [3.05, 3.63) is 60.8 Å². The average Bonchev–Trinajstić information content (AvgIpc) is 2.98. The molecule has 1 aromatic heterocycles. The van der Waals surface area contributed by atoms with Crippen molar-refractivity contribution in [2.45, 2.75) is 0 Å². The van der Waals surface area contributed by atoms with Gasteiger partial charge in [0.2, 0.25) is 5.89 Å². The van der Waals surface area contributed by atoms with E-state index < -0.39 is 0 Å². The van der Waals surface area contributed by atoms with Crippen molar-refractivity contribution in [3.63, 3.8) is 0 Å². The smallest absolute Gasteiger partial charge is 0.226 e. The van der Waals surface area contributed by atoms with E-state index in [0.717, 1.165) is 22.6 Å². The van der Waals surface area contributed by atoms with E-state index >= 15 is 0 Å². The van der Waals surface area contributed by atoms with Crippen LogP contribution < -0.4 is 4.90 Å². The van der Waals surface area contributed by atoms with Gasteiger partial charge in [0.05, 0.1) is 6.20 Å². The number of nitrogens with zero attached hydrogens (tertiary/aromatic N) is 2. The Balaban J connectivity index is 1.90. The molecule has 1 radical (unpaired) electrons. The van der Waals surface area contributed by atoms with E-state index in [4.69, 9.17) is 4.42 Å². The van der Waals surface area contributed by atoms with E-state index in [0.29, 0.717) is 5.89 Å². The van der Waals surface area contributed by atoms with E-state index in [9.17, 15) is 0 Å². The topological polar surface area (TPSA) is 29.3 Å². The molecule has 0 atom stereocenters. The summed E-state index contributed by atoms with van der Waals surface area (Å²) < 4.78 is 5.82. The molecule has 0 amide bonds. The van der Waals surface area contributed by atoms with Gasteiger partial charge in [-0.05, 0) is 42.5 Å². The maximum absolute atomic E-state index is 5.82. The maximum Gasteiger partial charge on any atom is 0.226 e. The van der Waals surface area contributed by atoms with Crippen molar-refractivity contribution >= 4 is 5.69 Å². The summed E-state index contributed by atoms with van der Waals surface area (Å²) in [5.74, 6) is 1.41. The van der Waals surface area contributed by atoms with E-state index in [2.05, 4.69) is 28.1 Å². The molecule has 0 saturated carbocycles. The van der Waals surface area contributed by atoms with Gasteiger partial charge in [0.1, 0.15) is 0 Å². The predicted molar refractivity (Wildman–Crippen MR) is 80.5 cm³/mol. The molecule has 3 heteroatoms. The molecule has 0 aliphatic heterocycles. The van der Waals surface area contributed by atoms with Crippen molar-refractivity contribution in [2.75, 3.05) is 19.0 Å². The highest BCUT2D eigenvalue weighted by Crippen LogP contribution is 2.27. The maximum atomic E-state index is 5.82. The fourth-order valence-electron chi connectivity index (χ4n) is 1.99. The van der Waals surface area contributed by atoms with E-state index in [-0.39, 0.29) is 0 Å². The fraction of sp³-hybridized carbons (Fsp3) is 0.118. The van der Waals surface area contributed by atoms with E-state index in [1.807, 2.05) is 50.5 Å². The number of benzene rings is 2. The van der Waals surface area contributed by atoms with Crippen LogP contribution in [0.3, 0.4) is 0 Å². The number of aromatic nitrogens is 1. The van der Waals surface area contributed by atoms with Gasteiger partial charge in [0.15, 0.2) is 5.76 Å². The van der Waals surface area contributed by atoms with Gasteiger partial charge >= 0.3 is 0 Å². The molecular formula is C17H15N2O. The average molecular weight is 263 g/mol. The van der Waals surface area contributed by atoms with Crippen molar-refractivity contribution in [2.24, 2.45) is 0 Å². The second-order valence-corrected chi connectivity index (χ2v) is 4.76. The zero-order valence-electron chi connectivity index (χ0n) is 11.5. The molecular weight excluding hydrogens is 248 g/mol. The van der Waals surface area contributed by atoms with Crippen LogP contribution in [0, 0.1) is 6.07 Å². The van der Waals surface area contributed by atoms with Gasteiger partial charge in [-0.15, -0.1) is 0 Å². The number of anilines is 1. The van der Waals surface area contributed by atoms with Gasteiger partial charge in [-0.25, -0.2) is 4.98 Å². The molecule has 0 aliphatic rings. The molecule has 0 fully saturated rings. The Hall–Kier alpha value is -2.55. The van der Waals surface area contributed by atoms with Crippen LogP contribution in [0.2, 0.25) is 0 Å². The van der Waals surface area contributed by atoms with Gasteiger partial charge in [0.25, 0.3) is 0 Å². The zero-order chi connectivity index (χ0) is 13.9. The lowest BCUT2D eigenvalue weighted by Gasteiger charge is -2.11. The number of hydrogen-bond donors (Lipinski definition) is 0. The first kappa shape index (κ1) is 12.5. The summed E-state index contributed by atoms with van der Waals surface area (Å²) >= 11 is 0. The standard InChI is InChI=1S/C17H15N2O/c1-19(2)15-10-8-13(9-11-15)16-12-18-17(20-16)14-6-4-3-5-7-14/h4-12H,1-2H3. The Kier molecular flexibility index (Phi) is 3.25. The minimum absolute atomic E-state index is 0.630. The second kappa shape index (κ2) is 5.21. The van der Waals surface area contributed by atoms with Crippen molar-refractivity contribution < 1.29 is 4.42 Å². The molecule has 20 heavy (non-hydrogen) atoms. The van der Waals surface area contributed by atoms with E-state index in [1.54, 1.807) is 6.20 Å². The molecule has 3 rings (SSSR count). The molecule has 0 aliphatic carbocycles. The van der Waals surface area contributed by atoms with Crippen LogP contribution in [-0.2, 0) is 0 Å². The molecule has 3 nitrogen and oxygen atoms in total. The Labute approximate surface area is 118 Å². The van der Waals surface area contributed by atoms with Gasteiger partial charge < -0.3 is 9.32 Å². The van der Waals surface area contributed by atoms with Gasteiger partial charge in [-0.2, -0.15) is 0 Å². The number of oxazole rings is 1. The first-order valence-electron chi connectivity index (χ1n) is 6.44. The lowest BCUT2D eigenvalue weighted by atomic mass is 10.1. The monoisotopic (exact) mass is 263 g/mol.